The topological polar surface area (TPSA) is 15.3 Å². The van der Waals surface area contributed by atoms with Crippen molar-refractivity contribution in [3.8, 4) is 0 Å². The SMILES string of the molecule is CCNC(Cc1ccc(C(C)C)cc1)C(C)(CC)N(C)C. The lowest BCUT2D eigenvalue weighted by Gasteiger charge is -2.43. The second-order valence-electron chi connectivity index (χ2n) is 6.82. The third kappa shape index (κ3) is 4.55. The molecule has 2 unspecified atom stereocenters. The van der Waals surface area contributed by atoms with Crippen LogP contribution < -0.4 is 5.32 Å². The molecule has 0 bridgehead atoms. The molecule has 0 heterocycles. The van der Waals surface area contributed by atoms with Crippen molar-refractivity contribution in [2.45, 2.75) is 65.0 Å². The number of benzene rings is 1. The molecule has 1 aromatic rings. The van der Waals surface area contributed by atoms with Gasteiger partial charge in [-0.3, -0.25) is 0 Å². The Labute approximate surface area is 131 Å². The van der Waals surface area contributed by atoms with E-state index in [1.807, 2.05) is 0 Å². The van der Waals surface area contributed by atoms with Gasteiger partial charge in [0.2, 0.25) is 0 Å². The van der Waals surface area contributed by atoms with Crippen LogP contribution in [-0.4, -0.2) is 37.1 Å². The molecular formula is C19H34N2. The van der Waals surface area contributed by atoms with Crippen molar-refractivity contribution in [3.05, 3.63) is 35.4 Å². The summed E-state index contributed by atoms with van der Waals surface area (Å²) in [6, 6.07) is 9.62. The van der Waals surface area contributed by atoms with Crippen LogP contribution in [0.2, 0.25) is 0 Å². The van der Waals surface area contributed by atoms with Gasteiger partial charge in [0.25, 0.3) is 0 Å². The van der Waals surface area contributed by atoms with E-state index in [1.54, 1.807) is 0 Å². The molecule has 1 rings (SSSR count). The van der Waals surface area contributed by atoms with Crippen LogP contribution in [0, 0.1) is 0 Å². The highest BCUT2D eigenvalue weighted by Crippen LogP contribution is 2.24. The summed E-state index contributed by atoms with van der Waals surface area (Å²) in [6.07, 6.45) is 2.22. The first-order valence-electron chi connectivity index (χ1n) is 8.34. The summed E-state index contributed by atoms with van der Waals surface area (Å²) in [5.74, 6) is 0.603. The molecule has 120 valence electrons. The maximum absolute atomic E-state index is 3.70. The van der Waals surface area contributed by atoms with Gasteiger partial charge in [0.05, 0.1) is 0 Å². The summed E-state index contributed by atoms with van der Waals surface area (Å²) in [4.78, 5) is 2.36. The first-order valence-corrected chi connectivity index (χ1v) is 8.34. The van der Waals surface area contributed by atoms with E-state index < -0.39 is 0 Å². The molecule has 2 heteroatoms. The molecule has 0 spiro atoms. The first-order chi connectivity index (χ1) is 9.85. The van der Waals surface area contributed by atoms with Crippen LogP contribution in [-0.2, 0) is 6.42 Å². The Balaban J connectivity index is 2.92. The van der Waals surface area contributed by atoms with Crippen LogP contribution in [0.25, 0.3) is 0 Å². The van der Waals surface area contributed by atoms with Gasteiger partial charge in [0, 0.05) is 11.6 Å². The number of nitrogens with zero attached hydrogens (tertiary/aromatic N) is 1. The zero-order valence-electron chi connectivity index (χ0n) is 15.0. The number of likely N-dealkylation sites (N-methyl/N-ethyl adjacent to an activating group) is 2. The summed E-state index contributed by atoms with van der Waals surface area (Å²) in [7, 11) is 4.38. The van der Waals surface area contributed by atoms with Crippen LogP contribution in [0.1, 0.15) is 58.1 Å². The Kier molecular flexibility index (Phi) is 6.89. The normalized spacial score (nSPS) is 16.2. The summed E-state index contributed by atoms with van der Waals surface area (Å²) in [6.45, 7) is 12.3. The van der Waals surface area contributed by atoms with Crippen molar-refractivity contribution in [1.29, 1.82) is 0 Å². The predicted octanol–water partition coefficient (Wildman–Crippen LogP) is 4.06. The molecule has 0 aromatic heterocycles. The van der Waals surface area contributed by atoms with Crippen molar-refractivity contribution in [2.24, 2.45) is 0 Å². The molecule has 0 amide bonds. The Hall–Kier alpha value is -0.860. The van der Waals surface area contributed by atoms with Gasteiger partial charge in [-0.15, -0.1) is 0 Å². The van der Waals surface area contributed by atoms with Crippen molar-refractivity contribution < 1.29 is 0 Å². The standard InChI is InChI=1S/C19H34N2/c1-8-19(5,21(6)7)18(20-9-2)14-16-10-12-17(13-11-16)15(3)4/h10-13,15,18,20H,8-9,14H2,1-7H3. The Morgan fingerprint density at radius 2 is 1.67 bits per heavy atom. The Morgan fingerprint density at radius 3 is 2.05 bits per heavy atom. The van der Waals surface area contributed by atoms with E-state index in [1.165, 1.54) is 11.1 Å². The monoisotopic (exact) mass is 290 g/mol. The van der Waals surface area contributed by atoms with Gasteiger partial charge in [-0.1, -0.05) is 52.0 Å². The molecule has 2 atom stereocenters. The van der Waals surface area contributed by atoms with Crippen molar-refractivity contribution in [1.82, 2.24) is 10.2 Å². The average molecular weight is 290 g/mol. The van der Waals surface area contributed by atoms with Crippen LogP contribution >= 0.6 is 0 Å². The molecule has 1 N–H and O–H groups in total. The zero-order chi connectivity index (χ0) is 16.0. The minimum absolute atomic E-state index is 0.173. The molecule has 0 aliphatic carbocycles. The highest BCUT2D eigenvalue weighted by Gasteiger charge is 2.34. The van der Waals surface area contributed by atoms with Gasteiger partial charge in [-0.05, 0) is 57.5 Å². The third-order valence-corrected chi connectivity index (χ3v) is 5.02. The van der Waals surface area contributed by atoms with Crippen LogP contribution in [0.5, 0.6) is 0 Å². The van der Waals surface area contributed by atoms with E-state index in [9.17, 15) is 0 Å². The molecule has 0 fully saturated rings. The zero-order valence-corrected chi connectivity index (χ0v) is 15.0. The van der Waals surface area contributed by atoms with Crippen molar-refractivity contribution in [3.63, 3.8) is 0 Å². The van der Waals surface area contributed by atoms with Gasteiger partial charge in [0.15, 0.2) is 0 Å². The van der Waals surface area contributed by atoms with E-state index in [4.69, 9.17) is 0 Å². The summed E-state index contributed by atoms with van der Waals surface area (Å²) < 4.78 is 0. The largest absolute Gasteiger partial charge is 0.312 e. The summed E-state index contributed by atoms with van der Waals surface area (Å²) in [5.41, 5.74) is 3.02. The van der Waals surface area contributed by atoms with Crippen LogP contribution in [0.15, 0.2) is 24.3 Å². The predicted molar refractivity (Wildman–Crippen MR) is 94.1 cm³/mol. The number of hydrogen-bond acceptors (Lipinski definition) is 2. The molecule has 0 saturated carbocycles. The Bertz CT molecular complexity index is 408. The molecule has 21 heavy (non-hydrogen) atoms. The van der Waals surface area contributed by atoms with Crippen LogP contribution in [0.3, 0.4) is 0 Å². The number of hydrogen-bond donors (Lipinski definition) is 1. The van der Waals surface area contributed by atoms with E-state index in [0.29, 0.717) is 12.0 Å². The lowest BCUT2D eigenvalue weighted by Crippen LogP contribution is -2.57. The maximum atomic E-state index is 3.70. The van der Waals surface area contributed by atoms with Crippen LogP contribution in [0.4, 0.5) is 0 Å². The smallest absolute Gasteiger partial charge is 0.0328 e. The van der Waals surface area contributed by atoms with E-state index in [2.05, 4.69) is 83.2 Å². The van der Waals surface area contributed by atoms with Gasteiger partial charge in [0.1, 0.15) is 0 Å². The molecule has 0 radical (unpaired) electrons. The summed E-state index contributed by atoms with van der Waals surface area (Å²) in [5, 5.41) is 3.70. The molecule has 0 saturated heterocycles. The van der Waals surface area contributed by atoms with E-state index >= 15 is 0 Å². The molecule has 0 aliphatic rings. The number of nitrogens with one attached hydrogen (secondary N) is 1. The van der Waals surface area contributed by atoms with Gasteiger partial charge in [-0.25, -0.2) is 0 Å². The number of rotatable bonds is 8. The quantitative estimate of drug-likeness (QED) is 0.776. The molecule has 2 nitrogen and oxygen atoms in total. The lowest BCUT2D eigenvalue weighted by molar-refractivity contribution is 0.113. The second-order valence-corrected chi connectivity index (χ2v) is 6.82. The van der Waals surface area contributed by atoms with Crippen molar-refractivity contribution in [2.75, 3.05) is 20.6 Å². The van der Waals surface area contributed by atoms with Gasteiger partial charge < -0.3 is 10.2 Å². The minimum Gasteiger partial charge on any atom is -0.312 e. The fourth-order valence-corrected chi connectivity index (χ4v) is 2.91. The van der Waals surface area contributed by atoms with Gasteiger partial charge >= 0.3 is 0 Å². The highest BCUT2D eigenvalue weighted by molar-refractivity contribution is 5.26. The Morgan fingerprint density at radius 1 is 1.10 bits per heavy atom. The minimum atomic E-state index is 0.173. The van der Waals surface area contributed by atoms with Gasteiger partial charge in [-0.2, -0.15) is 0 Å². The first kappa shape index (κ1) is 18.2. The molecular weight excluding hydrogens is 256 g/mol. The lowest BCUT2D eigenvalue weighted by atomic mass is 9.83. The summed E-state index contributed by atoms with van der Waals surface area (Å²) >= 11 is 0. The van der Waals surface area contributed by atoms with E-state index in [-0.39, 0.29) is 5.54 Å². The maximum Gasteiger partial charge on any atom is 0.0328 e. The van der Waals surface area contributed by atoms with E-state index in [0.717, 1.165) is 19.4 Å². The molecule has 0 aliphatic heterocycles. The fourth-order valence-electron chi connectivity index (χ4n) is 2.91. The average Bonchev–Trinajstić information content (AvgIpc) is 2.46. The molecule has 1 aromatic carbocycles. The van der Waals surface area contributed by atoms with Crippen molar-refractivity contribution >= 4 is 0 Å². The third-order valence-electron chi connectivity index (χ3n) is 5.02. The highest BCUT2D eigenvalue weighted by atomic mass is 15.2. The fraction of sp³-hybridized carbons (Fsp3) is 0.684. The second kappa shape index (κ2) is 7.95.